The fraction of sp³-hybridized carbons (Fsp3) is 0.720. The molecule has 1 rings (SSSR count). The Balaban J connectivity index is 2.25. The fourth-order valence-corrected chi connectivity index (χ4v) is 3.66. The van der Waals surface area contributed by atoms with Gasteiger partial charge in [-0.25, -0.2) is 0 Å². The molecule has 0 aliphatic rings. The minimum absolute atomic E-state index is 0.152. The maximum absolute atomic E-state index is 10.6. The number of carbonyl (C=O) groups is 1. The highest BCUT2D eigenvalue weighted by molar-refractivity contribution is 5.67. The van der Waals surface area contributed by atoms with Crippen LogP contribution in [0.5, 0.6) is 0 Å². The van der Waals surface area contributed by atoms with Crippen molar-refractivity contribution in [3.63, 3.8) is 0 Å². The number of carboxylic acid groups (broad SMARTS) is 1. The van der Waals surface area contributed by atoms with Crippen LogP contribution in [0.1, 0.15) is 102 Å². The molecule has 166 valence electrons. The lowest BCUT2D eigenvalue weighted by Gasteiger charge is -2.18. The highest BCUT2D eigenvalue weighted by Gasteiger charge is 2.11. The van der Waals surface area contributed by atoms with E-state index in [1.807, 2.05) is 18.2 Å². The average molecular weight is 407 g/mol. The molecule has 0 radical (unpaired) electrons. The van der Waals surface area contributed by atoms with Crippen LogP contribution >= 0.6 is 0 Å². The van der Waals surface area contributed by atoms with Gasteiger partial charge in [-0.05, 0) is 24.8 Å². The molecule has 1 aromatic rings. The molecular formula is C25H42O4. The van der Waals surface area contributed by atoms with Crippen molar-refractivity contribution in [2.45, 2.75) is 116 Å². The second kappa shape index (κ2) is 17.5. The van der Waals surface area contributed by atoms with Crippen molar-refractivity contribution in [1.29, 1.82) is 0 Å². The van der Waals surface area contributed by atoms with Crippen LogP contribution in [-0.2, 0) is 16.1 Å². The summed E-state index contributed by atoms with van der Waals surface area (Å²) in [5, 5.41) is 18.4. The van der Waals surface area contributed by atoms with Crippen LogP contribution < -0.4 is 0 Å². The van der Waals surface area contributed by atoms with Gasteiger partial charge in [-0.2, -0.15) is 0 Å². The molecule has 1 aromatic carbocycles. The lowest BCUT2D eigenvalue weighted by molar-refractivity contribution is -0.139. The van der Waals surface area contributed by atoms with Gasteiger partial charge >= 0.3 is 5.97 Å². The Kier molecular flexibility index (Phi) is 15.4. The van der Waals surface area contributed by atoms with Gasteiger partial charge in [0.15, 0.2) is 0 Å². The molecule has 29 heavy (non-hydrogen) atoms. The van der Waals surface area contributed by atoms with Crippen LogP contribution in [0.15, 0.2) is 30.3 Å². The normalized spacial score (nSPS) is 13.3. The molecule has 2 N–H and O–H groups in total. The maximum Gasteiger partial charge on any atom is 0.305 e. The predicted octanol–water partition coefficient (Wildman–Crippen LogP) is 6.50. The number of unbranched alkanes of at least 4 members (excludes halogenated alkanes) is 8. The number of rotatable bonds is 19. The number of hydrogen-bond donors (Lipinski definition) is 2. The Hall–Kier alpha value is -1.39. The molecule has 0 heterocycles. The molecule has 0 aromatic heterocycles. The number of hydrogen-bond acceptors (Lipinski definition) is 3. The number of benzene rings is 1. The summed E-state index contributed by atoms with van der Waals surface area (Å²) >= 11 is 0. The molecular weight excluding hydrogens is 364 g/mol. The Labute approximate surface area is 177 Å². The highest BCUT2D eigenvalue weighted by atomic mass is 16.5. The average Bonchev–Trinajstić information content (AvgIpc) is 2.70. The van der Waals surface area contributed by atoms with Crippen LogP contribution in [0.25, 0.3) is 0 Å². The topological polar surface area (TPSA) is 66.8 Å². The molecule has 0 aliphatic carbocycles. The van der Waals surface area contributed by atoms with E-state index in [1.54, 1.807) is 0 Å². The van der Waals surface area contributed by atoms with E-state index in [9.17, 15) is 9.90 Å². The second-order valence-corrected chi connectivity index (χ2v) is 8.22. The van der Waals surface area contributed by atoms with Crippen molar-refractivity contribution < 1.29 is 19.7 Å². The second-order valence-electron chi connectivity index (χ2n) is 8.22. The molecule has 2 atom stereocenters. The van der Waals surface area contributed by atoms with Crippen molar-refractivity contribution in [1.82, 2.24) is 0 Å². The lowest BCUT2D eigenvalue weighted by atomic mass is 10.0. The maximum atomic E-state index is 10.6. The molecule has 4 heteroatoms. The van der Waals surface area contributed by atoms with E-state index in [0.29, 0.717) is 13.0 Å². The molecule has 0 saturated carbocycles. The van der Waals surface area contributed by atoms with E-state index in [0.717, 1.165) is 32.1 Å². The highest BCUT2D eigenvalue weighted by Crippen LogP contribution is 2.18. The van der Waals surface area contributed by atoms with Gasteiger partial charge in [0.1, 0.15) is 0 Å². The van der Waals surface area contributed by atoms with Crippen molar-refractivity contribution in [3.8, 4) is 0 Å². The first-order chi connectivity index (χ1) is 14.1. The van der Waals surface area contributed by atoms with Crippen LogP contribution in [-0.4, -0.2) is 28.4 Å². The minimum atomic E-state index is -0.929. The van der Waals surface area contributed by atoms with Gasteiger partial charge < -0.3 is 14.9 Å². The third kappa shape index (κ3) is 15.2. The van der Waals surface area contributed by atoms with Crippen molar-refractivity contribution in [2.24, 2.45) is 0 Å². The monoisotopic (exact) mass is 406 g/mol. The van der Waals surface area contributed by atoms with Crippen molar-refractivity contribution in [3.05, 3.63) is 35.9 Å². The molecule has 0 fully saturated rings. The Bertz CT molecular complexity index is 503. The van der Waals surface area contributed by atoms with E-state index in [1.165, 1.54) is 50.5 Å². The summed E-state index contributed by atoms with van der Waals surface area (Å²) < 4.78 is 6.23. The molecule has 2 unspecified atom stereocenters. The molecule has 0 spiro atoms. The Morgan fingerprint density at radius 2 is 1.41 bits per heavy atom. The summed E-state index contributed by atoms with van der Waals surface area (Å²) in [4.78, 5) is 10.6. The van der Waals surface area contributed by atoms with Gasteiger partial charge in [0.2, 0.25) is 0 Å². The van der Waals surface area contributed by atoms with Gasteiger partial charge in [0.05, 0.1) is 25.2 Å². The van der Waals surface area contributed by atoms with Crippen molar-refractivity contribution in [2.75, 3.05) is 0 Å². The Morgan fingerprint density at radius 1 is 0.862 bits per heavy atom. The summed E-state index contributed by atoms with van der Waals surface area (Å²) in [5.74, 6) is -0.929. The van der Waals surface area contributed by atoms with E-state index >= 15 is 0 Å². The van der Waals surface area contributed by atoms with Gasteiger partial charge in [-0.15, -0.1) is 0 Å². The summed E-state index contributed by atoms with van der Waals surface area (Å²) in [6, 6.07) is 10.3. The largest absolute Gasteiger partial charge is 0.481 e. The van der Waals surface area contributed by atoms with Crippen LogP contribution in [0, 0.1) is 0 Å². The van der Waals surface area contributed by atoms with Crippen LogP contribution in [0.2, 0.25) is 0 Å². The first-order valence-electron chi connectivity index (χ1n) is 11.7. The standard InChI is InChI=1S/C25H42O4/c1-2-3-4-5-6-7-13-18-24(29-21-22-15-10-8-11-16-22)19-14-9-12-17-23(26)20-25(27)28/h8,10-11,15-16,23-24,26H,2-7,9,12-14,17-21H2,1H3,(H,27,28). The van der Waals surface area contributed by atoms with Crippen molar-refractivity contribution >= 4 is 5.97 Å². The first-order valence-corrected chi connectivity index (χ1v) is 11.7. The minimum Gasteiger partial charge on any atom is -0.481 e. The molecule has 0 saturated heterocycles. The quantitative estimate of drug-likeness (QED) is 0.257. The van der Waals surface area contributed by atoms with Crippen LogP contribution in [0.3, 0.4) is 0 Å². The van der Waals surface area contributed by atoms with E-state index in [-0.39, 0.29) is 12.5 Å². The smallest absolute Gasteiger partial charge is 0.305 e. The SMILES string of the molecule is CCCCCCCCCC(CCCCCC(O)CC(=O)O)OCc1ccccc1. The number of aliphatic hydroxyl groups is 1. The number of aliphatic hydroxyl groups excluding tert-OH is 1. The van der Waals surface area contributed by atoms with Gasteiger partial charge in [-0.1, -0.05) is 101 Å². The number of ether oxygens (including phenoxy) is 1. The molecule has 0 bridgehead atoms. The van der Waals surface area contributed by atoms with E-state index in [4.69, 9.17) is 9.84 Å². The first kappa shape index (κ1) is 25.6. The predicted molar refractivity (Wildman–Crippen MR) is 119 cm³/mol. The Morgan fingerprint density at radius 3 is 2.03 bits per heavy atom. The van der Waals surface area contributed by atoms with Crippen LogP contribution in [0.4, 0.5) is 0 Å². The number of aliphatic carboxylic acids is 1. The summed E-state index contributed by atoms with van der Waals surface area (Å²) in [7, 11) is 0. The van der Waals surface area contributed by atoms with Gasteiger partial charge in [-0.3, -0.25) is 4.79 Å². The zero-order valence-corrected chi connectivity index (χ0v) is 18.4. The zero-order valence-electron chi connectivity index (χ0n) is 18.4. The number of carboxylic acids is 1. The molecule has 0 amide bonds. The van der Waals surface area contributed by atoms with Gasteiger partial charge in [0, 0.05) is 0 Å². The summed E-state index contributed by atoms with van der Waals surface area (Å²) in [5.41, 5.74) is 1.22. The summed E-state index contributed by atoms with van der Waals surface area (Å²) in [6.07, 6.45) is 14.3. The third-order valence-corrected chi connectivity index (χ3v) is 5.43. The van der Waals surface area contributed by atoms with Gasteiger partial charge in [0.25, 0.3) is 0 Å². The fourth-order valence-electron chi connectivity index (χ4n) is 3.66. The van der Waals surface area contributed by atoms with E-state index in [2.05, 4.69) is 19.1 Å². The molecule has 4 nitrogen and oxygen atoms in total. The lowest BCUT2D eigenvalue weighted by Crippen LogP contribution is -2.14. The summed E-state index contributed by atoms with van der Waals surface area (Å²) in [6.45, 7) is 2.92. The zero-order chi connectivity index (χ0) is 21.2. The molecule has 0 aliphatic heterocycles. The third-order valence-electron chi connectivity index (χ3n) is 5.43. The van der Waals surface area contributed by atoms with E-state index < -0.39 is 12.1 Å².